The number of carbonyl (C=O) groups is 1. The van der Waals surface area contributed by atoms with Crippen LogP contribution in [0.1, 0.15) is 31.7 Å². The van der Waals surface area contributed by atoms with Gasteiger partial charge in [-0.2, -0.15) is 0 Å². The summed E-state index contributed by atoms with van der Waals surface area (Å²) in [5.41, 5.74) is 1.07. The fourth-order valence-corrected chi connectivity index (χ4v) is 3.90. The van der Waals surface area contributed by atoms with Crippen LogP contribution < -0.4 is 0 Å². The molecule has 2 aliphatic rings. The van der Waals surface area contributed by atoms with Crippen molar-refractivity contribution in [2.24, 2.45) is 5.41 Å². The summed E-state index contributed by atoms with van der Waals surface area (Å²) in [6.45, 7) is 5.84. The van der Waals surface area contributed by atoms with Gasteiger partial charge in [-0.15, -0.1) is 0 Å². The zero-order chi connectivity index (χ0) is 16.1. The molecule has 126 valence electrons. The van der Waals surface area contributed by atoms with Crippen molar-refractivity contribution in [1.29, 1.82) is 0 Å². The minimum Gasteiger partial charge on any atom is -0.381 e. The average molecular weight is 317 g/mol. The Labute approximate surface area is 138 Å². The van der Waals surface area contributed by atoms with Crippen LogP contribution in [0.2, 0.25) is 0 Å². The van der Waals surface area contributed by atoms with E-state index < -0.39 is 0 Å². The van der Waals surface area contributed by atoms with Gasteiger partial charge in [0.15, 0.2) is 0 Å². The number of likely N-dealkylation sites (tertiary alicyclic amines) is 1. The molecule has 2 fully saturated rings. The predicted molar refractivity (Wildman–Crippen MR) is 89.2 cm³/mol. The van der Waals surface area contributed by atoms with Crippen LogP contribution in [0.25, 0.3) is 0 Å². The summed E-state index contributed by atoms with van der Waals surface area (Å²) in [6.07, 6.45) is 3.80. The van der Waals surface area contributed by atoms with Crippen LogP contribution in [0.3, 0.4) is 0 Å². The summed E-state index contributed by atoms with van der Waals surface area (Å²) in [5.74, 6) is 0.219. The molecule has 1 aromatic rings. The summed E-state index contributed by atoms with van der Waals surface area (Å²) in [7, 11) is 0. The van der Waals surface area contributed by atoms with Crippen molar-refractivity contribution in [2.75, 3.05) is 32.9 Å². The van der Waals surface area contributed by atoms with Crippen molar-refractivity contribution in [1.82, 2.24) is 4.90 Å². The fraction of sp³-hybridized carbons (Fsp3) is 0.632. The van der Waals surface area contributed by atoms with Crippen LogP contribution in [0.4, 0.5) is 0 Å². The molecule has 1 amide bonds. The molecule has 4 nitrogen and oxygen atoms in total. The molecule has 0 radical (unpaired) electrons. The zero-order valence-electron chi connectivity index (χ0n) is 14.0. The number of amides is 1. The smallest absolute Gasteiger partial charge is 0.227 e. The van der Waals surface area contributed by atoms with Crippen molar-refractivity contribution < 1.29 is 14.3 Å². The second-order valence-electron chi connectivity index (χ2n) is 6.73. The van der Waals surface area contributed by atoms with Crippen LogP contribution in [-0.4, -0.2) is 49.8 Å². The van der Waals surface area contributed by atoms with E-state index in [1.807, 2.05) is 42.2 Å². The number of ether oxygens (including phenoxy) is 2. The minimum absolute atomic E-state index is 0.0150. The normalized spacial score (nSPS) is 27.5. The number of fused-ring (bicyclic) bond motifs is 1. The molecule has 2 aliphatic heterocycles. The van der Waals surface area contributed by atoms with Crippen LogP contribution >= 0.6 is 0 Å². The van der Waals surface area contributed by atoms with Gasteiger partial charge in [0, 0.05) is 31.7 Å². The van der Waals surface area contributed by atoms with Crippen LogP contribution in [0.5, 0.6) is 0 Å². The highest BCUT2D eigenvalue weighted by atomic mass is 16.5. The summed E-state index contributed by atoms with van der Waals surface area (Å²) >= 11 is 0. The van der Waals surface area contributed by atoms with E-state index in [2.05, 4.69) is 0 Å². The van der Waals surface area contributed by atoms with Gasteiger partial charge in [0.1, 0.15) is 0 Å². The molecule has 0 N–H and O–H groups in total. The largest absolute Gasteiger partial charge is 0.381 e. The second kappa shape index (κ2) is 7.45. The Balaban J connectivity index is 1.68. The lowest BCUT2D eigenvalue weighted by atomic mass is 9.73. The maximum absolute atomic E-state index is 12.7. The van der Waals surface area contributed by atoms with E-state index in [0.717, 1.165) is 44.5 Å². The third-order valence-electron chi connectivity index (χ3n) is 5.13. The molecule has 1 aromatic carbocycles. The summed E-state index contributed by atoms with van der Waals surface area (Å²) in [6, 6.07) is 9.99. The molecule has 2 heterocycles. The number of piperidine rings is 1. The van der Waals surface area contributed by atoms with Gasteiger partial charge >= 0.3 is 0 Å². The van der Waals surface area contributed by atoms with Gasteiger partial charge in [0.05, 0.1) is 19.1 Å². The van der Waals surface area contributed by atoms with Gasteiger partial charge in [-0.1, -0.05) is 30.3 Å². The first-order chi connectivity index (χ1) is 11.2. The van der Waals surface area contributed by atoms with Crippen molar-refractivity contribution in [2.45, 2.75) is 38.7 Å². The number of hydrogen-bond donors (Lipinski definition) is 0. The van der Waals surface area contributed by atoms with Gasteiger partial charge in [0.2, 0.25) is 5.91 Å². The molecule has 0 saturated carbocycles. The Morgan fingerprint density at radius 2 is 2.22 bits per heavy atom. The Morgan fingerprint density at radius 3 is 3.00 bits per heavy atom. The predicted octanol–water partition coefficient (Wildman–Crippen LogP) is 2.66. The number of hydrogen-bond acceptors (Lipinski definition) is 3. The number of rotatable bonds is 5. The van der Waals surface area contributed by atoms with Crippen molar-refractivity contribution >= 4 is 5.91 Å². The van der Waals surface area contributed by atoms with Crippen LogP contribution in [0, 0.1) is 5.41 Å². The topological polar surface area (TPSA) is 38.8 Å². The number of nitrogens with zero attached hydrogens (tertiary/aromatic N) is 1. The second-order valence-corrected chi connectivity index (χ2v) is 6.73. The lowest BCUT2D eigenvalue weighted by Crippen LogP contribution is -2.58. The van der Waals surface area contributed by atoms with Gasteiger partial charge in [-0.25, -0.2) is 0 Å². The molecule has 0 spiro atoms. The highest BCUT2D eigenvalue weighted by Gasteiger charge is 2.47. The molecule has 4 heteroatoms. The Hall–Kier alpha value is -1.39. The molecule has 0 aromatic heterocycles. The summed E-state index contributed by atoms with van der Waals surface area (Å²) in [4.78, 5) is 14.7. The average Bonchev–Trinajstić information content (AvgIpc) is 2.60. The van der Waals surface area contributed by atoms with Crippen LogP contribution in [0.15, 0.2) is 30.3 Å². The number of benzene rings is 1. The van der Waals surface area contributed by atoms with Gasteiger partial charge in [0.25, 0.3) is 0 Å². The Morgan fingerprint density at radius 1 is 1.39 bits per heavy atom. The SMILES string of the molecule is CCOCC12CCCOC1CCN(C(=O)Cc1ccccc1)C2. The molecule has 2 atom stereocenters. The molecular weight excluding hydrogens is 290 g/mol. The number of carbonyl (C=O) groups excluding carboxylic acids is 1. The maximum Gasteiger partial charge on any atom is 0.227 e. The third-order valence-corrected chi connectivity index (χ3v) is 5.13. The molecule has 23 heavy (non-hydrogen) atoms. The van der Waals surface area contributed by atoms with E-state index in [9.17, 15) is 4.79 Å². The molecule has 0 bridgehead atoms. The summed E-state index contributed by atoms with van der Waals surface area (Å²) < 4.78 is 11.8. The minimum atomic E-state index is -0.0150. The lowest BCUT2D eigenvalue weighted by Gasteiger charge is -2.50. The Kier molecular flexibility index (Phi) is 5.34. The molecule has 2 saturated heterocycles. The summed E-state index contributed by atoms with van der Waals surface area (Å²) in [5, 5.41) is 0. The molecule has 0 aliphatic carbocycles. The van der Waals surface area contributed by atoms with Gasteiger partial charge in [-0.05, 0) is 31.7 Å². The highest BCUT2D eigenvalue weighted by molar-refractivity contribution is 5.79. The van der Waals surface area contributed by atoms with Crippen molar-refractivity contribution in [3.05, 3.63) is 35.9 Å². The Bertz CT molecular complexity index is 519. The maximum atomic E-state index is 12.7. The first-order valence-electron chi connectivity index (χ1n) is 8.74. The van der Waals surface area contributed by atoms with E-state index >= 15 is 0 Å². The molecule has 3 rings (SSSR count). The fourth-order valence-electron chi connectivity index (χ4n) is 3.90. The highest BCUT2D eigenvalue weighted by Crippen LogP contribution is 2.40. The van der Waals surface area contributed by atoms with Gasteiger partial charge in [-0.3, -0.25) is 4.79 Å². The first-order valence-corrected chi connectivity index (χ1v) is 8.74. The quantitative estimate of drug-likeness (QED) is 0.838. The van der Waals surface area contributed by atoms with E-state index in [-0.39, 0.29) is 17.4 Å². The van der Waals surface area contributed by atoms with Gasteiger partial charge < -0.3 is 14.4 Å². The van der Waals surface area contributed by atoms with Crippen molar-refractivity contribution in [3.8, 4) is 0 Å². The molecule has 2 unspecified atom stereocenters. The van der Waals surface area contributed by atoms with E-state index in [1.54, 1.807) is 0 Å². The zero-order valence-corrected chi connectivity index (χ0v) is 14.0. The van der Waals surface area contributed by atoms with E-state index in [4.69, 9.17) is 9.47 Å². The lowest BCUT2D eigenvalue weighted by molar-refractivity contribution is -0.163. The standard InChI is InChI=1S/C19H27NO3/c1-2-22-15-19-10-6-12-23-17(19)9-11-20(14-19)18(21)13-16-7-4-3-5-8-16/h3-5,7-8,17H,2,6,9-15H2,1H3. The van der Waals surface area contributed by atoms with E-state index in [0.29, 0.717) is 19.6 Å². The van der Waals surface area contributed by atoms with E-state index in [1.165, 1.54) is 0 Å². The monoisotopic (exact) mass is 317 g/mol. The third kappa shape index (κ3) is 3.75. The molecular formula is C19H27NO3. The van der Waals surface area contributed by atoms with Crippen molar-refractivity contribution in [3.63, 3.8) is 0 Å². The first kappa shape index (κ1) is 16.5. The van der Waals surface area contributed by atoms with Crippen LogP contribution in [-0.2, 0) is 20.7 Å².